The molecule has 3 aromatic rings. The molecular weight excluding hydrogens is 444 g/mol. The number of thioether (sulfide) groups is 1. The number of nitrogens with zero attached hydrogens (tertiary/aromatic N) is 3. The molecule has 9 heteroatoms. The summed E-state index contributed by atoms with van der Waals surface area (Å²) in [4.78, 5) is 28.1. The third kappa shape index (κ3) is 4.94. The van der Waals surface area contributed by atoms with Crippen molar-refractivity contribution in [2.24, 2.45) is 0 Å². The lowest BCUT2D eigenvalue weighted by Crippen LogP contribution is -2.24. The maximum atomic E-state index is 12.8. The van der Waals surface area contributed by atoms with Gasteiger partial charge < -0.3 is 9.64 Å². The lowest BCUT2D eigenvalue weighted by molar-refractivity contribution is -0.117. The lowest BCUT2D eigenvalue weighted by Gasteiger charge is -2.16. The average molecular weight is 469 g/mol. The van der Waals surface area contributed by atoms with Crippen molar-refractivity contribution in [3.05, 3.63) is 59.1 Å². The number of ether oxygens (including phenoxy) is 1. The summed E-state index contributed by atoms with van der Waals surface area (Å²) < 4.78 is 5.19. The van der Waals surface area contributed by atoms with Crippen molar-refractivity contribution in [3.8, 4) is 5.75 Å². The predicted molar refractivity (Wildman–Crippen MR) is 128 cm³/mol. The number of amides is 2. The molecule has 1 aliphatic heterocycles. The molecule has 166 valence electrons. The van der Waals surface area contributed by atoms with E-state index in [0.717, 1.165) is 33.5 Å². The van der Waals surface area contributed by atoms with Gasteiger partial charge in [-0.25, -0.2) is 0 Å². The van der Waals surface area contributed by atoms with E-state index in [1.54, 1.807) is 23.8 Å². The van der Waals surface area contributed by atoms with Gasteiger partial charge in [-0.3, -0.25) is 14.9 Å². The summed E-state index contributed by atoms with van der Waals surface area (Å²) in [6, 6.07) is 15.0. The second-order valence-electron chi connectivity index (χ2n) is 7.35. The Hall–Kier alpha value is -2.91. The summed E-state index contributed by atoms with van der Waals surface area (Å²) in [6.07, 6.45) is 1.40. The molecule has 0 saturated carbocycles. The zero-order valence-corrected chi connectivity index (χ0v) is 19.5. The van der Waals surface area contributed by atoms with Crippen LogP contribution in [0.1, 0.15) is 41.0 Å². The fourth-order valence-corrected chi connectivity index (χ4v) is 5.24. The van der Waals surface area contributed by atoms with E-state index in [1.165, 1.54) is 11.3 Å². The molecule has 0 spiro atoms. The Morgan fingerprint density at radius 2 is 2.00 bits per heavy atom. The topological polar surface area (TPSA) is 84.4 Å². The molecule has 1 aliphatic rings. The Morgan fingerprint density at radius 3 is 2.75 bits per heavy atom. The van der Waals surface area contributed by atoms with Gasteiger partial charge in [0.2, 0.25) is 11.0 Å². The molecule has 1 aromatic heterocycles. The highest BCUT2D eigenvalue weighted by atomic mass is 32.2. The van der Waals surface area contributed by atoms with E-state index in [4.69, 9.17) is 4.74 Å². The second kappa shape index (κ2) is 10.1. The zero-order chi connectivity index (χ0) is 22.5. The number of carbonyl (C=O) groups is 2. The van der Waals surface area contributed by atoms with Crippen LogP contribution in [0.25, 0.3) is 0 Å². The van der Waals surface area contributed by atoms with Crippen LogP contribution < -0.4 is 15.0 Å². The van der Waals surface area contributed by atoms with Crippen LogP contribution in [-0.2, 0) is 4.79 Å². The minimum atomic E-state index is -0.200. The molecule has 0 aliphatic carbocycles. The first-order chi connectivity index (χ1) is 15.6. The van der Waals surface area contributed by atoms with E-state index in [2.05, 4.69) is 22.4 Å². The minimum absolute atomic E-state index is 0.0443. The van der Waals surface area contributed by atoms with Gasteiger partial charge in [0.25, 0.3) is 5.91 Å². The lowest BCUT2D eigenvalue weighted by atomic mass is 10.1. The number of aromatic nitrogens is 2. The van der Waals surface area contributed by atoms with Gasteiger partial charge in [0, 0.05) is 29.5 Å². The monoisotopic (exact) mass is 468 g/mol. The van der Waals surface area contributed by atoms with Crippen LogP contribution in [-0.4, -0.2) is 41.4 Å². The fourth-order valence-electron chi connectivity index (χ4n) is 3.49. The van der Waals surface area contributed by atoms with E-state index in [-0.39, 0.29) is 17.7 Å². The largest absolute Gasteiger partial charge is 0.497 e. The first kappa shape index (κ1) is 22.3. The van der Waals surface area contributed by atoms with E-state index < -0.39 is 0 Å². The van der Waals surface area contributed by atoms with Gasteiger partial charge in [-0.2, -0.15) is 0 Å². The quantitative estimate of drug-likeness (QED) is 0.477. The van der Waals surface area contributed by atoms with Crippen molar-refractivity contribution >= 4 is 45.7 Å². The van der Waals surface area contributed by atoms with Crippen molar-refractivity contribution < 1.29 is 14.3 Å². The smallest absolute Gasteiger partial charge is 0.258 e. The van der Waals surface area contributed by atoms with Crippen LogP contribution in [0.15, 0.2) is 53.4 Å². The zero-order valence-electron chi connectivity index (χ0n) is 17.9. The van der Waals surface area contributed by atoms with Crippen molar-refractivity contribution in [2.45, 2.75) is 30.6 Å². The third-order valence-electron chi connectivity index (χ3n) is 5.11. The molecule has 0 bridgehead atoms. The highest BCUT2D eigenvalue weighted by Crippen LogP contribution is 2.35. The van der Waals surface area contributed by atoms with Crippen LogP contribution in [0.5, 0.6) is 5.75 Å². The highest BCUT2D eigenvalue weighted by Gasteiger charge is 2.34. The molecule has 1 atom stereocenters. The predicted octanol–water partition coefficient (Wildman–Crippen LogP) is 4.82. The van der Waals surface area contributed by atoms with E-state index in [9.17, 15) is 9.59 Å². The molecule has 4 rings (SSSR count). The maximum Gasteiger partial charge on any atom is 0.258 e. The highest BCUT2D eigenvalue weighted by molar-refractivity contribution is 7.99. The van der Waals surface area contributed by atoms with Crippen molar-refractivity contribution in [3.63, 3.8) is 0 Å². The van der Waals surface area contributed by atoms with E-state index >= 15 is 0 Å². The summed E-state index contributed by atoms with van der Waals surface area (Å²) in [5.74, 6) is 1.49. The fraction of sp³-hybridized carbons (Fsp3) is 0.304. The minimum Gasteiger partial charge on any atom is -0.497 e. The van der Waals surface area contributed by atoms with Crippen molar-refractivity contribution in [2.75, 3.05) is 29.6 Å². The maximum absolute atomic E-state index is 12.8. The number of nitrogens with one attached hydrogen (secondary N) is 1. The molecule has 0 radical (unpaired) electrons. The molecule has 1 unspecified atom stereocenters. The van der Waals surface area contributed by atoms with Crippen molar-refractivity contribution in [1.82, 2.24) is 10.2 Å². The molecule has 32 heavy (non-hydrogen) atoms. The summed E-state index contributed by atoms with van der Waals surface area (Å²) >= 11 is 2.99. The summed E-state index contributed by atoms with van der Waals surface area (Å²) in [5.41, 5.74) is 1.46. The van der Waals surface area contributed by atoms with Crippen molar-refractivity contribution in [1.29, 1.82) is 0 Å². The Bertz CT molecular complexity index is 1100. The normalized spacial score (nSPS) is 15.8. The summed E-state index contributed by atoms with van der Waals surface area (Å²) in [6.45, 7) is 2.65. The Labute approximate surface area is 195 Å². The van der Waals surface area contributed by atoms with Crippen LogP contribution in [0.2, 0.25) is 0 Å². The number of hydrogen-bond donors (Lipinski definition) is 1. The summed E-state index contributed by atoms with van der Waals surface area (Å²) in [5, 5.41) is 12.5. The van der Waals surface area contributed by atoms with Gasteiger partial charge in [0.05, 0.1) is 12.7 Å². The van der Waals surface area contributed by atoms with Crippen LogP contribution in [0.3, 0.4) is 0 Å². The van der Waals surface area contributed by atoms with Gasteiger partial charge in [0.1, 0.15) is 10.8 Å². The molecule has 1 N–H and O–H groups in total. The number of rotatable bonds is 8. The first-order valence-electron chi connectivity index (χ1n) is 10.4. The Kier molecular flexibility index (Phi) is 7.06. The van der Waals surface area contributed by atoms with Gasteiger partial charge in [-0.1, -0.05) is 30.4 Å². The number of anilines is 2. The number of hydrogen-bond acceptors (Lipinski definition) is 7. The van der Waals surface area contributed by atoms with Gasteiger partial charge in [-0.15, -0.1) is 22.0 Å². The molecule has 7 nitrogen and oxygen atoms in total. The van der Waals surface area contributed by atoms with E-state index in [1.807, 2.05) is 48.5 Å². The molecular formula is C23H24N4O3S2. The standard InChI is InChI=1S/C23H24N4O3S2/c1-3-12-31-19-7-5-4-6-18(19)21(29)24-23-26-25-22(32-23)15-13-20(28)27(14-15)16-8-10-17(30-2)11-9-16/h4-11,15H,3,12-14H2,1-2H3,(H,24,26,29). The van der Waals surface area contributed by atoms with Crippen LogP contribution in [0, 0.1) is 0 Å². The SMILES string of the molecule is CCCSc1ccccc1C(=O)Nc1nnc(C2CC(=O)N(c3ccc(OC)cc3)C2)s1. The molecule has 2 heterocycles. The molecule has 2 amide bonds. The van der Waals surface area contributed by atoms with Crippen LogP contribution >= 0.6 is 23.1 Å². The number of methoxy groups -OCH3 is 1. The number of carbonyl (C=O) groups excluding carboxylic acids is 2. The first-order valence-corrected chi connectivity index (χ1v) is 12.2. The third-order valence-corrected chi connectivity index (χ3v) is 7.39. The van der Waals surface area contributed by atoms with E-state index in [0.29, 0.717) is 23.7 Å². The molecule has 1 fully saturated rings. The molecule has 1 saturated heterocycles. The summed E-state index contributed by atoms with van der Waals surface area (Å²) in [7, 11) is 1.61. The average Bonchev–Trinajstić information content (AvgIpc) is 3.44. The molecule has 2 aromatic carbocycles. The van der Waals surface area contributed by atoms with Gasteiger partial charge in [-0.05, 0) is 48.6 Å². The second-order valence-corrected chi connectivity index (χ2v) is 9.49. The van der Waals surface area contributed by atoms with Gasteiger partial charge in [0.15, 0.2) is 0 Å². The Balaban J connectivity index is 1.43. The van der Waals surface area contributed by atoms with Crippen LogP contribution in [0.4, 0.5) is 10.8 Å². The Morgan fingerprint density at radius 1 is 1.22 bits per heavy atom. The number of benzene rings is 2. The van der Waals surface area contributed by atoms with Gasteiger partial charge >= 0.3 is 0 Å².